The summed E-state index contributed by atoms with van der Waals surface area (Å²) in [6.45, 7) is 0. The summed E-state index contributed by atoms with van der Waals surface area (Å²) in [5, 5.41) is 0. The Bertz CT molecular complexity index is 459. The maximum atomic E-state index is 11.4. The van der Waals surface area contributed by atoms with E-state index >= 15 is 0 Å². The van der Waals surface area contributed by atoms with Gasteiger partial charge in [-0.15, -0.1) is 0 Å². The van der Waals surface area contributed by atoms with E-state index in [4.69, 9.17) is 9.47 Å². The molecule has 0 aromatic heterocycles. The van der Waals surface area contributed by atoms with E-state index in [1.165, 1.54) is 19.1 Å². The summed E-state index contributed by atoms with van der Waals surface area (Å²) in [6, 6.07) is 7.59. The minimum absolute atomic E-state index is 0.295. The quantitative estimate of drug-likeness (QED) is 0.781. The van der Waals surface area contributed by atoms with Gasteiger partial charge >= 0.3 is 5.97 Å². The molecule has 0 fully saturated rings. The van der Waals surface area contributed by atoms with E-state index in [1.807, 2.05) is 24.3 Å². The van der Waals surface area contributed by atoms with E-state index in [0.717, 1.165) is 24.8 Å². The Hall–Kier alpha value is -1.61. The topological polar surface area (TPSA) is 35.5 Å². The van der Waals surface area contributed by atoms with Crippen LogP contribution in [-0.2, 0) is 9.47 Å². The fraction of sp³-hybridized carbons (Fsp3) is 0.438. The van der Waals surface area contributed by atoms with Gasteiger partial charge in [0.25, 0.3) is 0 Å². The van der Waals surface area contributed by atoms with Crippen molar-refractivity contribution in [3.05, 3.63) is 41.5 Å². The molecule has 1 aromatic carbocycles. The van der Waals surface area contributed by atoms with Crippen LogP contribution in [0.5, 0.6) is 0 Å². The van der Waals surface area contributed by atoms with Crippen molar-refractivity contribution in [2.75, 3.05) is 14.2 Å². The van der Waals surface area contributed by atoms with E-state index in [0.29, 0.717) is 11.7 Å². The summed E-state index contributed by atoms with van der Waals surface area (Å²) in [5.41, 5.74) is 3.06. The number of allylic oxidation sites excluding steroid dienone is 1. The van der Waals surface area contributed by atoms with Crippen molar-refractivity contribution in [3.63, 3.8) is 0 Å². The Morgan fingerprint density at radius 2 is 1.95 bits per heavy atom. The van der Waals surface area contributed by atoms with E-state index in [-0.39, 0.29) is 5.97 Å². The molecule has 1 aliphatic rings. The molecule has 0 amide bonds. The summed E-state index contributed by atoms with van der Waals surface area (Å²) in [6.07, 6.45) is 6.89. The predicted octanol–water partition coefficient (Wildman–Crippen LogP) is 3.45. The van der Waals surface area contributed by atoms with Crippen molar-refractivity contribution in [3.8, 4) is 0 Å². The van der Waals surface area contributed by atoms with Gasteiger partial charge in [0.05, 0.1) is 18.8 Å². The maximum absolute atomic E-state index is 11.4. The molecule has 0 N–H and O–H groups in total. The molecule has 102 valence electrons. The van der Waals surface area contributed by atoms with Gasteiger partial charge in [-0.1, -0.05) is 18.2 Å². The molecule has 2 rings (SSSR count). The molecule has 1 aliphatic carbocycles. The fourth-order valence-electron chi connectivity index (χ4n) is 2.43. The molecule has 0 spiro atoms. The van der Waals surface area contributed by atoms with Crippen molar-refractivity contribution < 1.29 is 14.3 Å². The third kappa shape index (κ3) is 3.44. The van der Waals surface area contributed by atoms with Gasteiger partial charge in [-0.25, -0.2) is 4.79 Å². The van der Waals surface area contributed by atoms with Gasteiger partial charge in [0.15, 0.2) is 0 Å². The maximum Gasteiger partial charge on any atom is 0.337 e. The molecule has 1 aromatic rings. The van der Waals surface area contributed by atoms with Gasteiger partial charge in [0, 0.05) is 7.11 Å². The monoisotopic (exact) mass is 260 g/mol. The van der Waals surface area contributed by atoms with Crippen LogP contribution < -0.4 is 0 Å². The Morgan fingerprint density at radius 3 is 2.58 bits per heavy atom. The summed E-state index contributed by atoms with van der Waals surface area (Å²) in [4.78, 5) is 11.4. The number of hydrogen-bond acceptors (Lipinski definition) is 3. The highest BCUT2D eigenvalue weighted by atomic mass is 16.5. The Kier molecular flexibility index (Phi) is 4.74. The van der Waals surface area contributed by atoms with Crippen molar-refractivity contribution >= 4 is 11.5 Å². The number of ether oxygens (including phenoxy) is 2. The molecule has 0 saturated heterocycles. The first-order valence-electron chi connectivity index (χ1n) is 6.65. The Labute approximate surface area is 114 Å². The number of hydrogen-bond donors (Lipinski definition) is 0. The van der Waals surface area contributed by atoms with E-state index in [9.17, 15) is 4.79 Å². The minimum Gasteiger partial charge on any atom is -0.465 e. The normalized spacial score (nSPS) is 19.5. The Balaban J connectivity index is 2.16. The molecular formula is C16H20O3. The van der Waals surface area contributed by atoms with Crippen LogP contribution in [0.1, 0.15) is 41.6 Å². The lowest BCUT2D eigenvalue weighted by molar-refractivity contribution is 0.0600. The molecule has 19 heavy (non-hydrogen) atoms. The number of carbonyl (C=O) groups is 1. The highest BCUT2D eigenvalue weighted by Gasteiger charge is 2.15. The zero-order valence-electron chi connectivity index (χ0n) is 11.5. The van der Waals surface area contributed by atoms with Gasteiger partial charge in [0.2, 0.25) is 0 Å². The molecular weight excluding hydrogens is 240 g/mol. The second kappa shape index (κ2) is 6.53. The van der Waals surface area contributed by atoms with E-state index in [1.54, 1.807) is 7.11 Å². The zero-order chi connectivity index (χ0) is 13.7. The summed E-state index contributed by atoms with van der Waals surface area (Å²) < 4.78 is 10.2. The summed E-state index contributed by atoms with van der Waals surface area (Å²) in [5.74, 6) is -0.295. The van der Waals surface area contributed by atoms with Crippen molar-refractivity contribution in [2.24, 2.45) is 0 Å². The predicted molar refractivity (Wildman–Crippen MR) is 75.0 cm³/mol. The Morgan fingerprint density at radius 1 is 1.21 bits per heavy atom. The van der Waals surface area contributed by atoms with Gasteiger partial charge in [-0.05, 0) is 49.0 Å². The first-order chi connectivity index (χ1) is 9.24. The van der Waals surface area contributed by atoms with Crippen molar-refractivity contribution in [2.45, 2.75) is 31.8 Å². The van der Waals surface area contributed by atoms with Crippen LogP contribution in [0.25, 0.3) is 5.57 Å². The van der Waals surface area contributed by atoms with Crippen LogP contribution in [0.3, 0.4) is 0 Å². The molecule has 1 atom stereocenters. The van der Waals surface area contributed by atoms with Crippen molar-refractivity contribution in [1.29, 1.82) is 0 Å². The molecule has 3 heteroatoms. The fourth-order valence-corrected chi connectivity index (χ4v) is 2.43. The summed E-state index contributed by atoms with van der Waals surface area (Å²) >= 11 is 0. The number of benzene rings is 1. The highest BCUT2D eigenvalue weighted by molar-refractivity contribution is 5.89. The van der Waals surface area contributed by atoms with Gasteiger partial charge in [-0.2, -0.15) is 0 Å². The number of carbonyl (C=O) groups excluding carboxylic acids is 1. The lowest BCUT2D eigenvalue weighted by Crippen LogP contribution is -2.09. The summed E-state index contributed by atoms with van der Waals surface area (Å²) in [7, 11) is 3.17. The third-order valence-electron chi connectivity index (χ3n) is 3.58. The lowest BCUT2D eigenvalue weighted by Gasteiger charge is -2.14. The molecule has 1 unspecified atom stereocenters. The van der Waals surface area contributed by atoms with Gasteiger partial charge < -0.3 is 9.47 Å². The highest BCUT2D eigenvalue weighted by Crippen LogP contribution is 2.27. The molecule has 0 bridgehead atoms. The SMILES string of the molecule is COC(=O)c1ccc(C2=CCCCC(OC)C2)cc1. The van der Waals surface area contributed by atoms with Crippen LogP contribution >= 0.6 is 0 Å². The second-order valence-corrected chi connectivity index (χ2v) is 4.79. The largest absolute Gasteiger partial charge is 0.465 e. The van der Waals surface area contributed by atoms with Gasteiger partial charge in [-0.3, -0.25) is 0 Å². The molecule has 0 radical (unpaired) electrons. The zero-order valence-corrected chi connectivity index (χ0v) is 11.5. The lowest BCUT2D eigenvalue weighted by atomic mass is 9.99. The number of esters is 1. The molecule has 0 aliphatic heterocycles. The van der Waals surface area contributed by atoms with E-state index in [2.05, 4.69) is 6.08 Å². The first-order valence-corrected chi connectivity index (χ1v) is 6.65. The molecule has 0 saturated carbocycles. The minimum atomic E-state index is -0.295. The standard InChI is InChI=1S/C16H20O3/c1-18-15-6-4-3-5-14(11-15)12-7-9-13(10-8-12)16(17)19-2/h5,7-10,15H,3-4,6,11H2,1-2H3. The van der Waals surface area contributed by atoms with Gasteiger partial charge in [0.1, 0.15) is 0 Å². The van der Waals surface area contributed by atoms with Crippen LogP contribution in [0, 0.1) is 0 Å². The van der Waals surface area contributed by atoms with Crippen LogP contribution in [-0.4, -0.2) is 26.3 Å². The average molecular weight is 260 g/mol. The van der Waals surface area contributed by atoms with E-state index < -0.39 is 0 Å². The average Bonchev–Trinajstić information content (AvgIpc) is 2.72. The van der Waals surface area contributed by atoms with Crippen LogP contribution in [0.15, 0.2) is 30.3 Å². The van der Waals surface area contributed by atoms with Crippen LogP contribution in [0.2, 0.25) is 0 Å². The molecule has 0 heterocycles. The van der Waals surface area contributed by atoms with Crippen LogP contribution in [0.4, 0.5) is 0 Å². The first kappa shape index (κ1) is 13.8. The number of rotatable bonds is 3. The second-order valence-electron chi connectivity index (χ2n) is 4.79. The smallest absolute Gasteiger partial charge is 0.337 e. The molecule has 3 nitrogen and oxygen atoms in total. The third-order valence-corrected chi connectivity index (χ3v) is 3.58. The number of methoxy groups -OCH3 is 2. The van der Waals surface area contributed by atoms with Crippen molar-refractivity contribution in [1.82, 2.24) is 0 Å².